The van der Waals surface area contributed by atoms with Crippen molar-refractivity contribution in [2.45, 2.75) is 19.8 Å². The predicted molar refractivity (Wildman–Crippen MR) is 94.5 cm³/mol. The molecule has 0 radical (unpaired) electrons. The average Bonchev–Trinajstić information content (AvgIpc) is 2.77. The molecule has 1 aromatic carbocycles. The number of aryl methyl sites for hydroxylation is 1. The van der Waals surface area contributed by atoms with E-state index in [0.29, 0.717) is 0 Å². The quantitative estimate of drug-likeness (QED) is 0.790. The van der Waals surface area contributed by atoms with Crippen LogP contribution in [-0.2, 0) is 7.05 Å². The van der Waals surface area contributed by atoms with E-state index in [2.05, 4.69) is 47.8 Å². The van der Waals surface area contributed by atoms with Crippen molar-refractivity contribution < 1.29 is 0 Å². The average molecular weight is 325 g/mol. The lowest BCUT2D eigenvalue weighted by atomic mass is 9.99. The standard InChI is InChI=1S/C17H21ClN2.ClH/c1-3-8-20-9-6-13(7-10-20)16-12-19(2)17-5-4-14(18)11-15(16)17;/h4-6,11-12H,3,7-10H2,1-2H3;1H. The highest BCUT2D eigenvalue weighted by Crippen LogP contribution is 2.32. The molecule has 2 nitrogen and oxygen atoms in total. The van der Waals surface area contributed by atoms with Gasteiger partial charge in [-0.2, -0.15) is 0 Å². The molecule has 2 heterocycles. The summed E-state index contributed by atoms with van der Waals surface area (Å²) in [6.07, 6.45) is 6.98. The van der Waals surface area contributed by atoms with Gasteiger partial charge in [-0.15, -0.1) is 12.4 Å². The van der Waals surface area contributed by atoms with Crippen LogP contribution in [0.1, 0.15) is 25.3 Å². The van der Waals surface area contributed by atoms with Gasteiger partial charge >= 0.3 is 0 Å². The van der Waals surface area contributed by atoms with Gasteiger partial charge in [0.15, 0.2) is 0 Å². The zero-order chi connectivity index (χ0) is 14.1. The monoisotopic (exact) mass is 324 g/mol. The highest BCUT2D eigenvalue weighted by Gasteiger charge is 2.16. The Labute approximate surface area is 137 Å². The minimum Gasteiger partial charge on any atom is -0.350 e. The first-order valence-electron chi connectivity index (χ1n) is 7.35. The summed E-state index contributed by atoms with van der Waals surface area (Å²) in [4.78, 5) is 2.52. The summed E-state index contributed by atoms with van der Waals surface area (Å²) in [5.74, 6) is 0. The molecule has 0 N–H and O–H groups in total. The third-order valence-corrected chi connectivity index (χ3v) is 4.37. The Balaban J connectivity index is 0.00000161. The van der Waals surface area contributed by atoms with Gasteiger partial charge in [0.2, 0.25) is 0 Å². The summed E-state index contributed by atoms with van der Waals surface area (Å²) in [7, 11) is 2.10. The van der Waals surface area contributed by atoms with Crippen molar-refractivity contribution in [3.63, 3.8) is 0 Å². The minimum absolute atomic E-state index is 0. The summed E-state index contributed by atoms with van der Waals surface area (Å²) >= 11 is 6.17. The molecule has 0 fully saturated rings. The second-order valence-corrected chi connectivity index (χ2v) is 6.03. The first-order chi connectivity index (χ1) is 9.69. The molecule has 1 aliphatic heterocycles. The number of halogens is 2. The van der Waals surface area contributed by atoms with Gasteiger partial charge in [-0.1, -0.05) is 24.6 Å². The number of nitrogens with zero attached hydrogens (tertiary/aromatic N) is 2. The molecule has 0 aliphatic carbocycles. The second kappa shape index (κ2) is 6.87. The Morgan fingerprint density at radius 2 is 2.10 bits per heavy atom. The number of hydrogen-bond acceptors (Lipinski definition) is 1. The lowest BCUT2D eigenvalue weighted by Gasteiger charge is -2.25. The first kappa shape index (κ1) is 16.4. The van der Waals surface area contributed by atoms with Crippen LogP contribution < -0.4 is 0 Å². The van der Waals surface area contributed by atoms with Gasteiger partial charge in [0.05, 0.1) is 0 Å². The van der Waals surface area contributed by atoms with E-state index >= 15 is 0 Å². The van der Waals surface area contributed by atoms with Gasteiger partial charge in [0.25, 0.3) is 0 Å². The summed E-state index contributed by atoms with van der Waals surface area (Å²) in [5.41, 5.74) is 4.06. The lowest BCUT2D eigenvalue weighted by Crippen LogP contribution is -2.29. The van der Waals surface area contributed by atoms with Crippen LogP contribution in [0.25, 0.3) is 16.5 Å². The maximum Gasteiger partial charge on any atom is 0.0485 e. The number of benzene rings is 1. The van der Waals surface area contributed by atoms with Crippen molar-refractivity contribution in [3.8, 4) is 0 Å². The van der Waals surface area contributed by atoms with Crippen molar-refractivity contribution in [3.05, 3.63) is 41.1 Å². The van der Waals surface area contributed by atoms with Gasteiger partial charge in [-0.25, -0.2) is 0 Å². The number of hydrogen-bond donors (Lipinski definition) is 0. The molecule has 0 spiro atoms. The van der Waals surface area contributed by atoms with Crippen molar-refractivity contribution in [2.75, 3.05) is 19.6 Å². The van der Waals surface area contributed by atoms with E-state index in [4.69, 9.17) is 11.6 Å². The van der Waals surface area contributed by atoms with Crippen molar-refractivity contribution in [2.24, 2.45) is 7.05 Å². The fraction of sp³-hybridized carbons (Fsp3) is 0.412. The van der Waals surface area contributed by atoms with Crippen LogP contribution in [0, 0.1) is 0 Å². The van der Waals surface area contributed by atoms with E-state index in [1.807, 2.05) is 6.07 Å². The number of aromatic nitrogens is 1. The zero-order valence-corrected chi connectivity index (χ0v) is 14.2. The molecule has 2 aromatic rings. The van der Waals surface area contributed by atoms with Crippen molar-refractivity contribution >= 4 is 40.5 Å². The van der Waals surface area contributed by atoms with Crippen molar-refractivity contribution in [1.29, 1.82) is 0 Å². The van der Waals surface area contributed by atoms with Gasteiger partial charge in [0.1, 0.15) is 0 Å². The van der Waals surface area contributed by atoms with E-state index in [1.165, 1.54) is 35.0 Å². The van der Waals surface area contributed by atoms with Gasteiger partial charge in [-0.3, -0.25) is 4.90 Å². The van der Waals surface area contributed by atoms with E-state index in [1.54, 1.807) is 0 Å². The molecular formula is C17H22Cl2N2. The second-order valence-electron chi connectivity index (χ2n) is 5.60. The smallest absolute Gasteiger partial charge is 0.0485 e. The Morgan fingerprint density at radius 1 is 1.29 bits per heavy atom. The SMILES string of the molecule is CCCN1CC=C(c2cn(C)c3ccc(Cl)cc23)CC1.Cl. The van der Waals surface area contributed by atoms with Gasteiger partial charge < -0.3 is 4.57 Å². The van der Waals surface area contributed by atoms with Gasteiger partial charge in [-0.05, 0) is 43.2 Å². The Kier molecular flexibility index (Phi) is 5.37. The predicted octanol–water partition coefficient (Wildman–Crippen LogP) is 4.75. The van der Waals surface area contributed by atoms with E-state index < -0.39 is 0 Å². The highest BCUT2D eigenvalue weighted by molar-refractivity contribution is 6.31. The van der Waals surface area contributed by atoms with Crippen LogP contribution in [-0.4, -0.2) is 29.1 Å². The molecule has 1 aromatic heterocycles. The maximum atomic E-state index is 6.17. The van der Waals surface area contributed by atoms with Crippen molar-refractivity contribution in [1.82, 2.24) is 9.47 Å². The normalized spacial score (nSPS) is 15.9. The van der Waals surface area contributed by atoms with E-state index in [9.17, 15) is 0 Å². The van der Waals surface area contributed by atoms with Crippen LogP contribution in [0.15, 0.2) is 30.5 Å². The summed E-state index contributed by atoms with van der Waals surface area (Å²) in [6, 6.07) is 6.16. The molecule has 3 rings (SSSR count). The molecule has 114 valence electrons. The third-order valence-electron chi connectivity index (χ3n) is 4.13. The molecule has 0 saturated heterocycles. The van der Waals surface area contributed by atoms with Crippen LogP contribution in [0.2, 0.25) is 5.02 Å². The highest BCUT2D eigenvalue weighted by atomic mass is 35.5. The number of rotatable bonds is 3. The molecule has 0 unspecified atom stereocenters. The van der Waals surface area contributed by atoms with Crippen LogP contribution in [0.4, 0.5) is 0 Å². The fourth-order valence-electron chi connectivity index (χ4n) is 3.10. The van der Waals surface area contributed by atoms with E-state index in [-0.39, 0.29) is 12.4 Å². The van der Waals surface area contributed by atoms with Crippen LogP contribution >= 0.6 is 24.0 Å². The Bertz CT molecular complexity index is 658. The maximum absolute atomic E-state index is 6.17. The van der Waals surface area contributed by atoms with E-state index in [0.717, 1.165) is 24.5 Å². The molecule has 21 heavy (non-hydrogen) atoms. The summed E-state index contributed by atoms with van der Waals surface area (Å²) in [6.45, 7) is 5.67. The topological polar surface area (TPSA) is 8.17 Å². The lowest BCUT2D eigenvalue weighted by molar-refractivity contribution is 0.302. The molecule has 1 aliphatic rings. The molecule has 0 saturated carbocycles. The molecule has 0 amide bonds. The third kappa shape index (κ3) is 3.28. The van der Waals surface area contributed by atoms with Gasteiger partial charge in [0, 0.05) is 47.8 Å². The molecular weight excluding hydrogens is 303 g/mol. The molecule has 4 heteroatoms. The molecule has 0 atom stereocenters. The minimum atomic E-state index is 0. The zero-order valence-electron chi connectivity index (χ0n) is 12.6. The largest absolute Gasteiger partial charge is 0.350 e. The fourth-order valence-corrected chi connectivity index (χ4v) is 3.27. The summed E-state index contributed by atoms with van der Waals surface area (Å²) in [5, 5.41) is 2.09. The summed E-state index contributed by atoms with van der Waals surface area (Å²) < 4.78 is 2.19. The van der Waals surface area contributed by atoms with Crippen LogP contribution in [0.3, 0.4) is 0 Å². The van der Waals surface area contributed by atoms with Crippen LogP contribution in [0.5, 0.6) is 0 Å². The first-order valence-corrected chi connectivity index (χ1v) is 7.73. The molecule has 0 bridgehead atoms. The Hall–Kier alpha value is -0.960. The number of fused-ring (bicyclic) bond motifs is 1. The Morgan fingerprint density at radius 3 is 2.76 bits per heavy atom.